The summed E-state index contributed by atoms with van der Waals surface area (Å²) in [5.74, 6) is 1.32. The second kappa shape index (κ2) is 8.21. The number of hydrogen-bond donors (Lipinski definition) is 1. The number of nitrogens with zero attached hydrogens (tertiary/aromatic N) is 2. The van der Waals surface area contributed by atoms with E-state index in [9.17, 15) is 4.79 Å². The zero-order valence-electron chi connectivity index (χ0n) is 15.7. The summed E-state index contributed by atoms with van der Waals surface area (Å²) in [5, 5.41) is 2.92. The van der Waals surface area contributed by atoms with Crippen LogP contribution in [-0.2, 0) is 0 Å². The van der Waals surface area contributed by atoms with Gasteiger partial charge in [-0.1, -0.05) is 6.92 Å². The van der Waals surface area contributed by atoms with Crippen LogP contribution in [0.25, 0.3) is 0 Å². The van der Waals surface area contributed by atoms with E-state index in [1.807, 2.05) is 50.4 Å². The van der Waals surface area contributed by atoms with Crippen LogP contribution in [0.5, 0.6) is 5.75 Å². The molecule has 26 heavy (non-hydrogen) atoms. The Kier molecular flexibility index (Phi) is 5.76. The molecule has 1 saturated heterocycles. The Morgan fingerprint density at radius 2 is 2.04 bits per heavy atom. The largest absolute Gasteiger partial charge is 0.491 e. The molecule has 2 aromatic rings. The molecule has 1 aromatic carbocycles. The monoisotopic (exact) mass is 353 g/mol. The number of carbonyl (C=O) groups excluding carboxylic acids is 1. The Morgan fingerprint density at radius 1 is 1.27 bits per heavy atom. The van der Waals surface area contributed by atoms with Crippen LogP contribution in [0.3, 0.4) is 0 Å². The first-order valence-corrected chi connectivity index (χ1v) is 9.29. The van der Waals surface area contributed by atoms with Gasteiger partial charge in [-0.2, -0.15) is 0 Å². The maximum Gasteiger partial charge on any atom is 0.257 e. The molecule has 1 N–H and O–H groups in total. The zero-order valence-corrected chi connectivity index (χ0v) is 15.7. The number of carbonyl (C=O) groups is 1. The maximum atomic E-state index is 12.6. The van der Waals surface area contributed by atoms with Crippen molar-refractivity contribution in [2.24, 2.45) is 5.92 Å². The Hall–Kier alpha value is -2.56. The number of piperidine rings is 1. The number of nitrogens with one attached hydrogen (secondary N) is 1. The van der Waals surface area contributed by atoms with Crippen molar-refractivity contribution < 1.29 is 9.53 Å². The fraction of sp³-hybridized carbons (Fsp3) is 0.429. The number of aromatic nitrogens is 1. The second-order valence-electron chi connectivity index (χ2n) is 7.27. The predicted molar refractivity (Wildman–Crippen MR) is 105 cm³/mol. The molecule has 5 nitrogen and oxygen atoms in total. The van der Waals surface area contributed by atoms with Crippen molar-refractivity contribution in [1.29, 1.82) is 0 Å². The molecule has 138 valence electrons. The van der Waals surface area contributed by atoms with E-state index in [2.05, 4.69) is 22.1 Å². The smallest absolute Gasteiger partial charge is 0.257 e. The molecule has 1 aliphatic heterocycles. The Labute approximate surface area is 155 Å². The average Bonchev–Trinajstić information content (AvgIpc) is 2.63. The van der Waals surface area contributed by atoms with E-state index >= 15 is 0 Å². The van der Waals surface area contributed by atoms with Crippen LogP contribution in [0.4, 0.5) is 11.4 Å². The number of benzene rings is 1. The van der Waals surface area contributed by atoms with Gasteiger partial charge in [0.05, 0.1) is 23.6 Å². The highest BCUT2D eigenvalue weighted by atomic mass is 16.5. The van der Waals surface area contributed by atoms with Gasteiger partial charge in [0.15, 0.2) is 0 Å². The fourth-order valence-electron chi connectivity index (χ4n) is 3.24. The van der Waals surface area contributed by atoms with Crippen molar-refractivity contribution in [3.8, 4) is 5.75 Å². The quantitative estimate of drug-likeness (QED) is 0.868. The molecule has 0 aliphatic carbocycles. The molecule has 1 atom stereocenters. The second-order valence-corrected chi connectivity index (χ2v) is 7.27. The van der Waals surface area contributed by atoms with Crippen LogP contribution in [0, 0.1) is 5.92 Å². The van der Waals surface area contributed by atoms with E-state index in [0.717, 1.165) is 30.2 Å². The Morgan fingerprint density at radius 3 is 2.73 bits per heavy atom. The molecule has 1 aliphatic rings. The molecule has 0 radical (unpaired) electrons. The zero-order chi connectivity index (χ0) is 18.5. The van der Waals surface area contributed by atoms with Crippen molar-refractivity contribution in [3.63, 3.8) is 0 Å². The van der Waals surface area contributed by atoms with Crippen LogP contribution in [0.1, 0.15) is 44.0 Å². The van der Waals surface area contributed by atoms with Crippen LogP contribution >= 0.6 is 0 Å². The van der Waals surface area contributed by atoms with Crippen molar-refractivity contribution in [2.75, 3.05) is 23.3 Å². The molecular weight excluding hydrogens is 326 g/mol. The minimum atomic E-state index is -0.151. The minimum absolute atomic E-state index is 0.127. The lowest BCUT2D eigenvalue weighted by Crippen LogP contribution is -2.34. The number of rotatable bonds is 5. The number of amides is 1. The topological polar surface area (TPSA) is 54.5 Å². The average molecular weight is 353 g/mol. The number of pyridine rings is 1. The van der Waals surface area contributed by atoms with Gasteiger partial charge in [0.2, 0.25) is 0 Å². The van der Waals surface area contributed by atoms with E-state index in [1.54, 1.807) is 6.20 Å². The standard InChI is InChI=1S/C21H27N3O2/c1-15(2)26-20-8-6-18(7-9-20)23-21(25)17-11-19(13-22-12-17)24-10-4-5-16(3)14-24/h6-9,11-13,15-16H,4-5,10,14H2,1-3H3,(H,23,25). The third-order valence-corrected chi connectivity index (χ3v) is 4.49. The van der Waals surface area contributed by atoms with Gasteiger partial charge in [-0.3, -0.25) is 9.78 Å². The summed E-state index contributed by atoms with van der Waals surface area (Å²) in [6.45, 7) is 8.28. The van der Waals surface area contributed by atoms with Gasteiger partial charge >= 0.3 is 0 Å². The molecule has 2 heterocycles. The van der Waals surface area contributed by atoms with Gasteiger partial charge < -0.3 is 15.0 Å². The molecule has 0 bridgehead atoms. The summed E-state index contributed by atoms with van der Waals surface area (Å²) < 4.78 is 5.62. The SMILES string of the molecule is CC1CCCN(c2cncc(C(=O)Nc3ccc(OC(C)C)cc3)c2)C1. The summed E-state index contributed by atoms with van der Waals surface area (Å²) in [6.07, 6.45) is 6.03. The molecule has 5 heteroatoms. The molecule has 0 spiro atoms. The van der Waals surface area contributed by atoms with Gasteiger partial charge in [-0.25, -0.2) is 0 Å². The number of hydrogen-bond acceptors (Lipinski definition) is 4. The van der Waals surface area contributed by atoms with E-state index in [0.29, 0.717) is 11.5 Å². The number of ether oxygens (including phenoxy) is 1. The first-order chi connectivity index (χ1) is 12.5. The summed E-state index contributed by atoms with van der Waals surface area (Å²) >= 11 is 0. The summed E-state index contributed by atoms with van der Waals surface area (Å²) in [7, 11) is 0. The van der Waals surface area contributed by atoms with Gasteiger partial charge in [0.25, 0.3) is 5.91 Å². The highest BCUT2D eigenvalue weighted by Gasteiger charge is 2.18. The third-order valence-electron chi connectivity index (χ3n) is 4.49. The van der Waals surface area contributed by atoms with E-state index in [4.69, 9.17) is 4.74 Å². The summed E-state index contributed by atoms with van der Waals surface area (Å²) in [6, 6.07) is 9.34. The van der Waals surface area contributed by atoms with Crippen molar-refractivity contribution in [1.82, 2.24) is 4.98 Å². The highest BCUT2D eigenvalue weighted by molar-refractivity contribution is 6.04. The van der Waals surface area contributed by atoms with Crippen LogP contribution in [-0.4, -0.2) is 30.1 Å². The maximum absolute atomic E-state index is 12.6. The summed E-state index contributed by atoms with van der Waals surface area (Å²) in [4.78, 5) is 19.2. The first-order valence-electron chi connectivity index (χ1n) is 9.29. The third kappa shape index (κ3) is 4.75. The normalized spacial score (nSPS) is 17.2. The van der Waals surface area contributed by atoms with Gasteiger partial charge in [-0.05, 0) is 62.9 Å². The molecule has 0 saturated carbocycles. The molecule has 1 fully saturated rings. The van der Waals surface area contributed by atoms with Crippen molar-refractivity contribution in [3.05, 3.63) is 48.3 Å². The summed E-state index contributed by atoms with van der Waals surface area (Å²) in [5.41, 5.74) is 2.33. The van der Waals surface area contributed by atoms with Crippen LogP contribution < -0.4 is 15.0 Å². The fourth-order valence-corrected chi connectivity index (χ4v) is 3.24. The molecule has 3 rings (SSSR count). The highest BCUT2D eigenvalue weighted by Crippen LogP contribution is 2.23. The number of anilines is 2. The Bertz CT molecular complexity index is 743. The Balaban J connectivity index is 1.67. The van der Waals surface area contributed by atoms with E-state index < -0.39 is 0 Å². The van der Waals surface area contributed by atoms with Gasteiger partial charge in [-0.15, -0.1) is 0 Å². The lowest BCUT2D eigenvalue weighted by Gasteiger charge is -2.32. The van der Waals surface area contributed by atoms with Gasteiger partial charge in [0.1, 0.15) is 5.75 Å². The lowest BCUT2D eigenvalue weighted by atomic mass is 10.00. The minimum Gasteiger partial charge on any atom is -0.491 e. The first kappa shape index (κ1) is 18.2. The molecular formula is C21H27N3O2. The molecule has 1 aromatic heterocycles. The van der Waals surface area contributed by atoms with E-state index in [1.165, 1.54) is 12.8 Å². The van der Waals surface area contributed by atoms with Crippen LogP contribution in [0.15, 0.2) is 42.7 Å². The molecule has 1 unspecified atom stereocenters. The lowest BCUT2D eigenvalue weighted by molar-refractivity contribution is 0.102. The van der Waals surface area contributed by atoms with Crippen molar-refractivity contribution in [2.45, 2.75) is 39.7 Å². The molecule has 1 amide bonds. The van der Waals surface area contributed by atoms with Gasteiger partial charge in [0, 0.05) is 25.0 Å². The van der Waals surface area contributed by atoms with Crippen LogP contribution in [0.2, 0.25) is 0 Å². The van der Waals surface area contributed by atoms with E-state index in [-0.39, 0.29) is 12.0 Å². The predicted octanol–water partition coefficient (Wildman–Crippen LogP) is 4.36. The van der Waals surface area contributed by atoms with Crippen molar-refractivity contribution >= 4 is 17.3 Å².